The highest BCUT2D eigenvalue weighted by molar-refractivity contribution is 5.71. The molecule has 0 amide bonds. The molecule has 0 heterocycles. The van der Waals surface area contributed by atoms with E-state index in [4.69, 9.17) is 14.2 Å². The van der Waals surface area contributed by atoms with Crippen molar-refractivity contribution in [2.75, 3.05) is 13.2 Å². The van der Waals surface area contributed by atoms with Crippen molar-refractivity contribution in [2.24, 2.45) is 0 Å². The minimum atomic E-state index is -0.794. The lowest BCUT2D eigenvalue weighted by atomic mass is 10.0. The first-order chi connectivity index (χ1) is 40.5. The molecular formula is C76H134O6. The largest absolute Gasteiger partial charge is 0.462 e. The fraction of sp³-hybridized carbons (Fsp3) is 0.776. The third-order valence-electron chi connectivity index (χ3n) is 15.6. The van der Waals surface area contributed by atoms with Gasteiger partial charge in [0.25, 0.3) is 0 Å². The first-order valence-corrected chi connectivity index (χ1v) is 35.6. The topological polar surface area (TPSA) is 78.9 Å². The van der Waals surface area contributed by atoms with Crippen molar-refractivity contribution in [3.63, 3.8) is 0 Å². The van der Waals surface area contributed by atoms with E-state index in [0.29, 0.717) is 19.3 Å². The van der Waals surface area contributed by atoms with E-state index >= 15 is 0 Å². The summed E-state index contributed by atoms with van der Waals surface area (Å²) in [5, 5.41) is 0. The number of allylic oxidation sites excluding steroid dienone is 14. The molecule has 0 rings (SSSR count). The van der Waals surface area contributed by atoms with Crippen molar-refractivity contribution < 1.29 is 28.6 Å². The van der Waals surface area contributed by atoms with Gasteiger partial charge in [-0.1, -0.05) is 331 Å². The van der Waals surface area contributed by atoms with Gasteiger partial charge >= 0.3 is 17.9 Å². The monoisotopic (exact) mass is 1140 g/mol. The average molecular weight is 1140 g/mol. The van der Waals surface area contributed by atoms with Gasteiger partial charge in [-0.05, 0) is 96.3 Å². The molecular weight excluding hydrogens is 1010 g/mol. The zero-order chi connectivity index (χ0) is 59.2. The summed E-state index contributed by atoms with van der Waals surface area (Å²) in [5.41, 5.74) is 0. The van der Waals surface area contributed by atoms with Gasteiger partial charge in [0.1, 0.15) is 13.2 Å². The molecule has 0 aromatic carbocycles. The van der Waals surface area contributed by atoms with Crippen LogP contribution in [-0.2, 0) is 28.6 Å². The number of rotatable bonds is 65. The van der Waals surface area contributed by atoms with Crippen LogP contribution in [-0.4, -0.2) is 37.2 Å². The van der Waals surface area contributed by atoms with Crippen LogP contribution in [0.3, 0.4) is 0 Å². The maximum atomic E-state index is 12.9. The smallest absolute Gasteiger partial charge is 0.306 e. The molecule has 82 heavy (non-hydrogen) atoms. The zero-order valence-electron chi connectivity index (χ0n) is 54.5. The lowest BCUT2D eigenvalue weighted by Gasteiger charge is -2.18. The molecule has 0 aromatic heterocycles. The van der Waals surface area contributed by atoms with E-state index in [-0.39, 0.29) is 31.1 Å². The maximum Gasteiger partial charge on any atom is 0.306 e. The predicted octanol–water partition coefficient (Wildman–Crippen LogP) is 24.6. The summed E-state index contributed by atoms with van der Waals surface area (Å²) in [6.07, 6.45) is 93.2. The molecule has 1 atom stereocenters. The second-order valence-electron chi connectivity index (χ2n) is 23.8. The molecule has 0 aliphatic rings. The van der Waals surface area contributed by atoms with Crippen LogP contribution in [0.2, 0.25) is 0 Å². The molecule has 0 saturated carbocycles. The predicted molar refractivity (Wildman–Crippen MR) is 358 cm³/mol. The third-order valence-corrected chi connectivity index (χ3v) is 15.6. The van der Waals surface area contributed by atoms with E-state index in [1.54, 1.807) is 0 Å². The number of carbonyl (C=O) groups is 3. The Morgan fingerprint density at radius 3 is 0.756 bits per heavy atom. The summed E-state index contributed by atoms with van der Waals surface area (Å²) in [6.45, 7) is 6.55. The van der Waals surface area contributed by atoms with Gasteiger partial charge in [-0.3, -0.25) is 14.4 Å². The Morgan fingerprint density at radius 1 is 0.256 bits per heavy atom. The number of unbranched alkanes of at least 4 members (excludes halogenated alkanes) is 40. The Balaban J connectivity index is 4.34. The fourth-order valence-electron chi connectivity index (χ4n) is 10.3. The molecule has 0 saturated heterocycles. The van der Waals surface area contributed by atoms with Crippen molar-refractivity contribution >= 4 is 17.9 Å². The van der Waals surface area contributed by atoms with Gasteiger partial charge in [-0.15, -0.1) is 0 Å². The molecule has 6 heteroatoms. The normalized spacial score (nSPS) is 12.6. The van der Waals surface area contributed by atoms with Crippen LogP contribution in [0.5, 0.6) is 0 Å². The van der Waals surface area contributed by atoms with Crippen molar-refractivity contribution in [1.82, 2.24) is 0 Å². The van der Waals surface area contributed by atoms with Gasteiger partial charge in [0, 0.05) is 19.3 Å². The lowest BCUT2D eigenvalue weighted by Crippen LogP contribution is -2.30. The fourth-order valence-corrected chi connectivity index (χ4v) is 10.3. The van der Waals surface area contributed by atoms with Crippen LogP contribution >= 0.6 is 0 Å². The van der Waals surface area contributed by atoms with Crippen LogP contribution < -0.4 is 0 Å². The zero-order valence-corrected chi connectivity index (χ0v) is 54.5. The van der Waals surface area contributed by atoms with Gasteiger partial charge in [0.15, 0.2) is 6.10 Å². The molecule has 474 valence electrons. The van der Waals surface area contributed by atoms with E-state index in [1.807, 2.05) is 0 Å². The summed E-state index contributed by atoms with van der Waals surface area (Å²) in [7, 11) is 0. The minimum Gasteiger partial charge on any atom is -0.462 e. The standard InChI is InChI=1S/C76H134O6/c1-4-7-10-13-16-19-22-25-28-31-34-35-36-37-38-39-40-41-43-45-48-51-54-57-60-63-66-69-75(78)81-72-73(71-80-74(77)68-65-62-59-56-53-50-47-44-33-30-27-24-21-18-15-12-9-6-3)82-76(79)70-67-64-61-58-55-52-49-46-42-32-29-26-23-20-17-14-11-8-5-2/h8,11,17,20,22,25-26,29,31,34,42,46,52,55,73H,4-7,9-10,12-16,18-19,21,23-24,27-28,30,32-33,35-41,43-45,47-51,53-54,56-72H2,1-3H3/b11-8-,20-17-,25-22-,29-26-,34-31-,46-42-,55-52-. The first-order valence-electron chi connectivity index (χ1n) is 35.6. The van der Waals surface area contributed by atoms with Crippen LogP contribution in [0.15, 0.2) is 85.1 Å². The van der Waals surface area contributed by atoms with Crippen LogP contribution in [0.25, 0.3) is 0 Å². The molecule has 0 aliphatic heterocycles. The van der Waals surface area contributed by atoms with Crippen molar-refractivity contribution in [2.45, 2.75) is 367 Å². The maximum absolute atomic E-state index is 12.9. The van der Waals surface area contributed by atoms with Gasteiger partial charge in [-0.25, -0.2) is 0 Å². The van der Waals surface area contributed by atoms with Gasteiger partial charge in [0.2, 0.25) is 0 Å². The van der Waals surface area contributed by atoms with Crippen LogP contribution in [0, 0.1) is 0 Å². The highest BCUT2D eigenvalue weighted by atomic mass is 16.6. The van der Waals surface area contributed by atoms with Crippen LogP contribution in [0.1, 0.15) is 361 Å². The molecule has 0 N–H and O–H groups in total. The van der Waals surface area contributed by atoms with Crippen molar-refractivity contribution in [3.05, 3.63) is 85.1 Å². The summed E-state index contributed by atoms with van der Waals surface area (Å²) in [4.78, 5) is 38.5. The SMILES string of the molecule is CC/C=C\C/C=C\C/C=C\C/C=C\C/C=C\CCCCCC(=O)OC(COC(=O)CCCCCCCCCCCCCCCCC/C=C\C/C=C\CCCCCCC)COC(=O)CCCCCCCCCCCCCCCCCCCC. The Morgan fingerprint density at radius 2 is 0.476 bits per heavy atom. The second-order valence-corrected chi connectivity index (χ2v) is 23.8. The molecule has 0 spiro atoms. The first kappa shape index (κ1) is 78.6. The number of esters is 3. The summed E-state index contributed by atoms with van der Waals surface area (Å²) in [5.74, 6) is -0.898. The number of hydrogen-bond donors (Lipinski definition) is 0. The minimum absolute atomic E-state index is 0.0860. The number of hydrogen-bond acceptors (Lipinski definition) is 6. The molecule has 1 unspecified atom stereocenters. The highest BCUT2D eigenvalue weighted by Crippen LogP contribution is 2.18. The quantitative estimate of drug-likeness (QED) is 0.0261. The Bertz CT molecular complexity index is 1550. The van der Waals surface area contributed by atoms with Crippen LogP contribution in [0.4, 0.5) is 0 Å². The van der Waals surface area contributed by atoms with E-state index in [9.17, 15) is 14.4 Å². The molecule has 0 aliphatic carbocycles. The Kier molecular flexibility index (Phi) is 67.2. The summed E-state index contributed by atoms with van der Waals surface area (Å²) in [6, 6.07) is 0. The highest BCUT2D eigenvalue weighted by Gasteiger charge is 2.19. The van der Waals surface area contributed by atoms with Gasteiger partial charge in [-0.2, -0.15) is 0 Å². The van der Waals surface area contributed by atoms with Crippen molar-refractivity contribution in [3.8, 4) is 0 Å². The molecule has 6 nitrogen and oxygen atoms in total. The summed E-state index contributed by atoms with van der Waals surface area (Å²) < 4.78 is 17.0. The molecule has 0 aromatic rings. The van der Waals surface area contributed by atoms with E-state index in [0.717, 1.165) is 103 Å². The van der Waals surface area contributed by atoms with Crippen molar-refractivity contribution in [1.29, 1.82) is 0 Å². The molecule has 0 bridgehead atoms. The van der Waals surface area contributed by atoms with E-state index in [1.165, 1.54) is 218 Å². The number of carbonyl (C=O) groups excluding carboxylic acids is 3. The Labute approximate surface area is 509 Å². The van der Waals surface area contributed by atoms with E-state index in [2.05, 4.69) is 106 Å². The third kappa shape index (κ3) is 67.4. The Hall–Kier alpha value is -3.41. The average Bonchev–Trinajstić information content (AvgIpc) is 3.47. The lowest BCUT2D eigenvalue weighted by molar-refractivity contribution is -0.167. The molecule has 0 fully saturated rings. The van der Waals surface area contributed by atoms with Gasteiger partial charge in [0.05, 0.1) is 0 Å². The molecule has 0 radical (unpaired) electrons. The second kappa shape index (κ2) is 70.1. The number of ether oxygens (including phenoxy) is 3. The summed E-state index contributed by atoms with van der Waals surface area (Å²) >= 11 is 0. The van der Waals surface area contributed by atoms with E-state index < -0.39 is 6.10 Å². The van der Waals surface area contributed by atoms with Gasteiger partial charge < -0.3 is 14.2 Å².